The summed E-state index contributed by atoms with van der Waals surface area (Å²) < 4.78 is 6.07. The summed E-state index contributed by atoms with van der Waals surface area (Å²) in [7, 11) is 1.64. The summed E-state index contributed by atoms with van der Waals surface area (Å²) in [5, 5.41) is 0. The van der Waals surface area contributed by atoms with Crippen molar-refractivity contribution in [3.8, 4) is 17.1 Å². The first-order chi connectivity index (χ1) is 7.74. The lowest BCUT2D eigenvalue weighted by Crippen LogP contribution is -1.95. The van der Waals surface area contributed by atoms with Crippen molar-refractivity contribution in [2.75, 3.05) is 7.11 Å². The van der Waals surface area contributed by atoms with Gasteiger partial charge in [-0.3, -0.25) is 0 Å². The van der Waals surface area contributed by atoms with Crippen LogP contribution in [0.25, 0.3) is 11.4 Å². The maximum absolute atomic E-state index is 5.52. The van der Waals surface area contributed by atoms with Gasteiger partial charge in [-0.2, -0.15) is 0 Å². The van der Waals surface area contributed by atoms with Crippen LogP contribution in [0.2, 0.25) is 0 Å². The highest BCUT2D eigenvalue weighted by Crippen LogP contribution is 2.29. The number of hydrogen-bond donors (Lipinski definition) is 2. The molecule has 2 rings (SSSR count). The fourth-order valence-electron chi connectivity index (χ4n) is 1.42. The molecule has 5 heteroatoms. The first-order valence-electron chi connectivity index (χ1n) is 4.82. The molecule has 0 aliphatic rings. The van der Waals surface area contributed by atoms with Crippen molar-refractivity contribution in [1.82, 2.24) is 9.97 Å². The number of hydrogen-bond acceptors (Lipinski definition) is 3. The largest absolute Gasteiger partial charge is 0.496 e. The fraction of sp³-hybridized carbons (Fsp3) is 0.182. The van der Waals surface area contributed by atoms with Gasteiger partial charge in [-0.05, 0) is 34.1 Å². The van der Waals surface area contributed by atoms with E-state index in [1.165, 1.54) is 0 Å². The summed E-state index contributed by atoms with van der Waals surface area (Å²) >= 11 is 3.44. The minimum atomic E-state index is 0.463. The second kappa shape index (κ2) is 4.67. The Bertz CT molecular complexity index is 496. The Morgan fingerprint density at radius 1 is 1.50 bits per heavy atom. The van der Waals surface area contributed by atoms with Crippen LogP contribution in [-0.4, -0.2) is 17.1 Å². The van der Waals surface area contributed by atoms with Crippen LogP contribution >= 0.6 is 15.9 Å². The molecule has 2 aromatic rings. The Kier molecular flexibility index (Phi) is 3.26. The minimum absolute atomic E-state index is 0.463. The molecule has 0 fully saturated rings. The molecule has 3 N–H and O–H groups in total. The highest BCUT2D eigenvalue weighted by atomic mass is 79.9. The van der Waals surface area contributed by atoms with Gasteiger partial charge in [-0.1, -0.05) is 0 Å². The van der Waals surface area contributed by atoms with Crippen LogP contribution in [-0.2, 0) is 6.54 Å². The number of nitrogens with zero attached hydrogens (tertiary/aromatic N) is 1. The third kappa shape index (κ3) is 2.10. The highest BCUT2D eigenvalue weighted by Gasteiger charge is 2.06. The maximum Gasteiger partial charge on any atom is 0.137 e. The van der Waals surface area contributed by atoms with Crippen LogP contribution in [0.1, 0.15) is 5.69 Å². The van der Waals surface area contributed by atoms with Gasteiger partial charge in [0.05, 0.1) is 11.6 Å². The minimum Gasteiger partial charge on any atom is -0.496 e. The number of imidazole rings is 1. The lowest BCUT2D eigenvalue weighted by Gasteiger charge is -2.04. The monoisotopic (exact) mass is 281 g/mol. The number of ether oxygens (including phenoxy) is 1. The summed E-state index contributed by atoms with van der Waals surface area (Å²) in [5.74, 6) is 1.61. The molecule has 1 aromatic heterocycles. The third-order valence-electron chi connectivity index (χ3n) is 2.27. The highest BCUT2D eigenvalue weighted by molar-refractivity contribution is 9.10. The standard InChI is InChI=1S/C11H12BrN3O/c1-16-10-3-2-7(4-9(10)12)11-14-6-8(5-13)15-11/h2-4,6H,5,13H2,1H3,(H,14,15). The normalized spacial score (nSPS) is 10.4. The van der Waals surface area contributed by atoms with Crippen LogP contribution in [0.5, 0.6) is 5.75 Å². The topological polar surface area (TPSA) is 63.9 Å². The van der Waals surface area contributed by atoms with Gasteiger partial charge < -0.3 is 15.5 Å². The summed E-state index contributed by atoms with van der Waals surface area (Å²) in [6.45, 7) is 0.463. The van der Waals surface area contributed by atoms with E-state index in [9.17, 15) is 0 Å². The van der Waals surface area contributed by atoms with Crippen LogP contribution in [0.4, 0.5) is 0 Å². The number of aromatic nitrogens is 2. The Morgan fingerprint density at radius 3 is 2.88 bits per heavy atom. The zero-order valence-electron chi connectivity index (χ0n) is 8.83. The van der Waals surface area contributed by atoms with Crippen molar-refractivity contribution in [2.24, 2.45) is 5.73 Å². The molecule has 0 aliphatic carbocycles. The van der Waals surface area contributed by atoms with Crippen molar-refractivity contribution in [1.29, 1.82) is 0 Å². The average Bonchev–Trinajstić information content (AvgIpc) is 2.77. The van der Waals surface area contributed by atoms with Gasteiger partial charge in [0, 0.05) is 24.0 Å². The van der Waals surface area contributed by atoms with Crippen LogP contribution in [0, 0.1) is 0 Å². The molecule has 0 amide bonds. The van der Waals surface area contributed by atoms with Crippen molar-refractivity contribution < 1.29 is 4.74 Å². The van der Waals surface area contributed by atoms with E-state index in [0.717, 1.165) is 27.3 Å². The molecule has 1 heterocycles. The van der Waals surface area contributed by atoms with Gasteiger partial charge >= 0.3 is 0 Å². The van der Waals surface area contributed by atoms with Crippen LogP contribution in [0.15, 0.2) is 28.9 Å². The Balaban J connectivity index is 2.37. The number of nitrogens with one attached hydrogen (secondary N) is 1. The second-order valence-corrected chi connectivity index (χ2v) is 4.16. The van der Waals surface area contributed by atoms with Gasteiger partial charge in [0.2, 0.25) is 0 Å². The molecule has 16 heavy (non-hydrogen) atoms. The van der Waals surface area contributed by atoms with Gasteiger partial charge in [-0.15, -0.1) is 0 Å². The molecule has 0 saturated carbocycles. The molecular formula is C11H12BrN3O. The number of rotatable bonds is 3. The second-order valence-electron chi connectivity index (χ2n) is 3.31. The molecular weight excluding hydrogens is 270 g/mol. The molecule has 0 aliphatic heterocycles. The summed E-state index contributed by atoms with van der Waals surface area (Å²) in [5.41, 5.74) is 7.43. The lowest BCUT2D eigenvalue weighted by molar-refractivity contribution is 0.412. The first-order valence-corrected chi connectivity index (χ1v) is 5.61. The van der Waals surface area contributed by atoms with Crippen molar-refractivity contribution in [3.63, 3.8) is 0 Å². The number of H-pyrrole nitrogens is 1. The molecule has 0 unspecified atom stereocenters. The van der Waals surface area contributed by atoms with Crippen LogP contribution < -0.4 is 10.5 Å². The summed E-state index contributed by atoms with van der Waals surface area (Å²) in [6.07, 6.45) is 1.74. The van der Waals surface area contributed by atoms with E-state index in [1.54, 1.807) is 13.3 Å². The molecule has 1 aromatic carbocycles. The fourth-order valence-corrected chi connectivity index (χ4v) is 1.96. The molecule has 0 spiro atoms. The van der Waals surface area contributed by atoms with E-state index in [2.05, 4.69) is 25.9 Å². The number of nitrogens with two attached hydrogens (primary N) is 1. The number of methoxy groups -OCH3 is 1. The van der Waals surface area contributed by atoms with E-state index in [0.29, 0.717) is 6.54 Å². The molecule has 0 radical (unpaired) electrons. The van der Waals surface area contributed by atoms with Crippen LogP contribution in [0.3, 0.4) is 0 Å². The molecule has 4 nitrogen and oxygen atoms in total. The first kappa shape index (κ1) is 11.2. The summed E-state index contributed by atoms with van der Waals surface area (Å²) in [6, 6.07) is 5.80. The quantitative estimate of drug-likeness (QED) is 0.908. The molecule has 0 saturated heterocycles. The van der Waals surface area contributed by atoms with Crippen molar-refractivity contribution in [3.05, 3.63) is 34.6 Å². The zero-order valence-corrected chi connectivity index (χ0v) is 10.4. The van der Waals surface area contributed by atoms with Gasteiger partial charge in [-0.25, -0.2) is 4.98 Å². The predicted molar refractivity (Wildman–Crippen MR) is 66.2 cm³/mol. The Morgan fingerprint density at radius 2 is 2.31 bits per heavy atom. The van der Waals surface area contributed by atoms with E-state index in [4.69, 9.17) is 10.5 Å². The van der Waals surface area contributed by atoms with Crippen molar-refractivity contribution >= 4 is 15.9 Å². The van der Waals surface area contributed by atoms with E-state index >= 15 is 0 Å². The van der Waals surface area contributed by atoms with Crippen molar-refractivity contribution in [2.45, 2.75) is 6.54 Å². The molecule has 84 valence electrons. The number of aromatic amines is 1. The van der Waals surface area contributed by atoms with E-state index in [-0.39, 0.29) is 0 Å². The maximum atomic E-state index is 5.52. The SMILES string of the molecule is COc1ccc(-c2ncc(CN)[nH]2)cc1Br. The zero-order chi connectivity index (χ0) is 11.5. The smallest absolute Gasteiger partial charge is 0.137 e. The molecule has 0 atom stereocenters. The average molecular weight is 282 g/mol. The van der Waals surface area contributed by atoms with E-state index < -0.39 is 0 Å². The Hall–Kier alpha value is -1.33. The number of halogens is 1. The molecule has 0 bridgehead atoms. The number of benzene rings is 1. The predicted octanol–water partition coefficient (Wildman–Crippen LogP) is 2.31. The Labute approximate surface area is 102 Å². The van der Waals surface area contributed by atoms with Gasteiger partial charge in [0.1, 0.15) is 11.6 Å². The summed E-state index contributed by atoms with van der Waals surface area (Å²) in [4.78, 5) is 7.40. The lowest BCUT2D eigenvalue weighted by atomic mass is 10.2. The van der Waals surface area contributed by atoms with E-state index in [1.807, 2.05) is 18.2 Å². The third-order valence-corrected chi connectivity index (χ3v) is 2.89. The van der Waals surface area contributed by atoms with Gasteiger partial charge in [0.15, 0.2) is 0 Å². The van der Waals surface area contributed by atoms with Gasteiger partial charge in [0.25, 0.3) is 0 Å².